The van der Waals surface area contributed by atoms with Gasteiger partial charge in [0.05, 0.1) is 4.91 Å². The van der Waals surface area contributed by atoms with Gasteiger partial charge < -0.3 is 17.6 Å². The van der Waals surface area contributed by atoms with Gasteiger partial charge in [-0.2, -0.15) is 0 Å². The lowest BCUT2D eigenvalue weighted by Crippen LogP contribution is -2.51. The number of hydrogen-bond acceptors (Lipinski definition) is 2. The molecule has 0 unspecified atom stereocenters. The molecule has 2 nitrogen and oxygen atoms in total. The van der Waals surface area contributed by atoms with E-state index in [1.807, 2.05) is 79.7 Å². The van der Waals surface area contributed by atoms with Crippen LogP contribution in [0.25, 0.3) is 5.57 Å². The summed E-state index contributed by atoms with van der Waals surface area (Å²) in [6, 6.07) is 21.7. The summed E-state index contributed by atoms with van der Waals surface area (Å²) in [4.78, 5) is 3.81. The van der Waals surface area contributed by atoms with E-state index in [1.165, 1.54) is 32.5 Å². The number of fused-ring (bicyclic) bond motifs is 2. The first-order valence-corrected chi connectivity index (χ1v) is 11.8. The summed E-state index contributed by atoms with van der Waals surface area (Å²) in [6.07, 6.45) is 1.91. The third-order valence-electron chi connectivity index (χ3n) is 5.82. The topological polar surface area (TPSA) is 7.94 Å². The average Bonchev–Trinajstić information content (AvgIpc) is 3.27. The summed E-state index contributed by atoms with van der Waals surface area (Å²) < 4.78 is 34.4. The second kappa shape index (κ2) is 7.57. The maximum atomic E-state index is 15.9. The lowest BCUT2D eigenvalue weighted by Gasteiger charge is -2.31. The first-order valence-electron chi connectivity index (χ1n) is 10.1. The molecule has 0 amide bonds. The summed E-state index contributed by atoms with van der Waals surface area (Å²) in [5, 5.41) is 0. The zero-order valence-electron chi connectivity index (χ0n) is 17.5. The van der Waals surface area contributed by atoms with Crippen LogP contribution in [0, 0.1) is 6.92 Å². The summed E-state index contributed by atoms with van der Waals surface area (Å²) >= 11 is 3.06. The quantitative estimate of drug-likeness (QED) is 0.393. The van der Waals surface area contributed by atoms with Crippen LogP contribution in [-0.2, 0) is 0 Å². The van der Waals surface area contributed by atoms with E-state index >= 15 is 8.63 Å². The van der Waals surface area contributed by atoms with Gasteiger partial charge >= 0.3 is 6.97 Å². The number of rotatable bonds is 4. The Labute approximate surface area is 189 Å². The van der Waals surface area contributed by atoms with Crippen LogP contribution in [0.4, 0.5) is 8.63 Å². The number of benzene rings is 2. The Bertz CT molecular complexity index is 1280. The van der Waals surface area contributed by atoms with Crippen molar-refractivity contribution >= 4 is 41.8 Å². The van der Waals surface area contributed by atoms with Crippen LogP contribution in [0.15, 0.2) is 98.1 Å². The number of thioether (sulfide) groups is 1. The highest BCUT2D eigenvalue weighted by Gasteiger charge is 2.54. The largest absolute Gasteiger partial charge is 0.737 e. The van der Waals surface area contributed by atoms with Gasteiger partial charge in [-0.05, 0) is 49.9 Å². The van der Waals surface area contributed by atoms with Crippen molar-refractivity contribution in [2.45, 2.75) is 35.5 Å². The summed E-state index contributed by atoms with van der Waals surface area (Å²) in [6.45, 7) is 1.54. The molecule has 0 saturated heterocycles. The maximum Gasteiger partial charge on any atom is 0.737 e. The standard InChI is InChI=1S/C24H21BF2N2S2/c1-16-21-14-23(30-19-10-6-4-7-11-19)17(2)28(21)25(26,27)29-18(3)24(15-22(16)29)31-20-12-8-5-9-13-20/h4-15H,1-3H3. The first kappa shape index (κ1) is 20.4. The van der Waals surface area contributed by atoms with Gasteiger partial charge in [-0.1, -0.05) is 59.9 Å². The number of nitrogens with zero attached hydrogens (tertiary/aromatic N) is 2. The lowest BCUT2D eigenvalue weighted by molar-refractivity contribution is -0.362. The van der Waals surface area contributed by atoms with Crippen molar-refractivity contribution < 1.29 is 13.1 Å². The van der Waals surface area contributed by atoms with Gasteiger partial charge in [-0.3, -0.25) is 0 Å². The molecule has 2 aliphatic rings. The summed E-state index contributed by atoms with van der Waals surface area (Å²) in [5.74, 6) is 0. The summed E-state index contributed by atoms with van der Waals surface area (Å²) in [7, 11) is 0. The number of aromatic nitrogens is 1. The maximum absolute atomic E-state index is 15.9. The zero-order chi connectivity index (χ0) is 21.8. The lowest BCUT2D eigenvalue weighted by atomic mass is 9.88. The van der Waals surface area contributed by atoms with E-state index in [-0.39, 0.29) is 0 Å². The fourth-order valence-electron chi connectivity index (χ4n) is 4.26. The Morgan fingerprint density at radius 1 is 0.839 bits per heavy atom. The molecule has 0 saturated carbocycles. The molecule has 2 aromatic carbocycles. The minimum Gasteiger partial charge on any atom is -0.393 e. The number of allylic oxidation sites excluding steroid dienone is 3. The molecule has 156 valence electrons. The first-order chi connectivity index (χ1) is 14.9. The fourth-order valence-corrected chi connectivity index (χ4v) is 6.19. The van der Waals surface area contributed by atoms with Gasteiger partial charge in [0.25, 0.3) is 0 Å². The van der Waals surface area contributed by atoms with Crippen molar-refractivity contribution in [2.75, 3.05) is 0 Å². The van der Waals surface area contributed by atoms with Gasteiger partial charge in [0.1, 0.15) is 5.71 Å². The van der Waals surface area contributed by atoms with Gasteiger partial charge in [-0.25, -0.2) is 0 Å². The molecule has 0 fully saturated rings. The molecular weight excluding hydrogens is 429 g/mol. The summed E-state index contributed by atoms with van der Waals surface area (Å²) in [5.41, 5.74) is 3.27. The van der Waals surface area contributed by atoms with E-state index in [9.17, 15) is 0 Å². The van der Waals surface area contributed by atoms with Crippen molar-refractivity contribution in [1.82, 2.24) is 4.48 Å². The van der Waals surface area contributed by atoms with E-state index in [0.29, 0.717) is 22.8 Å². The van der Waals surface area contributed by atoms with Crippen LogP contribution in [0.5, 0.6) is 0 Å². The Morgan fingerprint density at radius 2 is 1.42 bits per heavy atom. The molecule has 1 aromatic heterocycles. The molecule has 0 bridgehead atoms. The third kappa shape index (κ3) is 3.31. The molecule has 0 radical (unpaired) electrons. The van der Waals surface area contributed by atoms with Crippen LogP contribution in [0.1, 0.15) is 25.2 Å². The van der Waals surface area contributed by atoms with Crippen LogP contribution in [0.2, 0.25) is 0 Å². The van der Waals surface area contributed by atoms with E-state index in [4.69, 9.17) is 0 Å². The van der Waals surface area contributed by atoms with Gasteiger partial charge in [0.2, 0.25) is 0 Å². The highest BCUT2D eigenvalue weighted by molar-refractivity contribution is 8.04. The molecule has 0 atom stereocenters. The number of hydrogen-bond donors (Lipinski definition) is 0. The minimum atomic E-state index is -3.98. The van der Waals surface area contributed by atoms with Crippen LogP contribution in [-0.4, -0.2) is 21.6 Å². The molecule has 2 aliphatic heterocycles. The monoisotopic (exact) mass is 450 g/mol. The number of halogens is 2. The zero-order valence-corrected chi connectivity index (χ0v) is 19.1. The second-order valence-electron chi connectivity index (χ2n) is 7.74. The Morgan fingerprint density at radius 3 is 2.03 bits per heavy atom. The van der Waals surface area contributed by atoms with E-state index in [2.05, 4.69) is 0 Å². The smallest absolute Gasteiger partial charge is 0.393 e. The molecular formula is C24H21BF2N2S2. The van der Waals surface area contributed by atoms with Crippen LogP contribution in [0.3, 0.4) is 0 Å². The fraction of sp³-hybridized carbons (Fsp3) is 0.125. The Balaban J connectivity index is 1.60. The Hall–Kier alpha value is -2.51. The van der Waals surface area contributed by atoms with Gasteiger partial charge in [-0.15, -0.1) is 0 Å². The molecule has 0 spiro atoms. The van der Waals surface area contributed by atoms with Crippen molar-refractivity contribution in [1.29, 1.82) is 0 Å². The minimum absolute atomic E-state index is 0.599. The predicted octanol–water partition coefficient (Wildman–Crippen LogP) is 7.08. The SMILES string of the molecule is CC1=C2C=C(Sc3ccccc3)C(C)=[N+]2[B-](F)(F)n2c1cc(Sc1ccccc1)c2C. The highest BCUT2D eigenvalue weighted by Crippen LogP contribution is 2.44. The molecule has 0 aliphatic carbocycles. The van der Waals surface area contributed by atoms with E-state index < -0.39 is 6.97 Å². The molecule has 31 heavy (non-hydrogen) atoms. The molecule has 7 heteroatoms. The molecule has 3 heterocycles. The highest BCUT2D eigenvalue weighted by atomic mass is 32.2. The van der Waals surface area contributed by atoms with Gasteiger partial charge in [0, 0.05) is 39.0 Å². The normalized spacial score (nSPS) is 17.0. The van der Waals surface area contributed by atoms with Gasteiger partial charge in [0.15, 0.2) is 5.70 Å². The van der Waals surface area contributed by atoms with E-state index in [0.717, 1.165) is 25.2 Å². The average molecular weight is 450 g/mol. The van der Waals surface area contributed by atoms with Crippen LogP contribution >= 0.6 is 23.5 Å². The van der Waals surface area contributed by atoms with Crippen molar-refractivity contribution in [2.24, 2.45) is 0 Å². The van der Waals surface area contributed by atoms with E-state index in [1.54, 1.807) is 13.8 Å². The Kier molecular flexibility index (Phi) is 4.98. The third-order valence-corrected chi connectivity index (χ3v) is 8.10. The molecule has 3 aromatic rings. The molecule has 0 N–H and O–H groups in total. The second-order valence-corrected chi connectivity index (χ2v) is 9.97. The van der Waals surface area contributed by atoms with Crippen molar-refractivity contribution in [3.8, 4) is 0 Å². The van der Waals surface area contributed by atoms with Crippen molar-refractivity contribution in [3.63, 3.8) is 0 Å². The molecule has 5 rings (SSSR count). The predicted molar refractivity (Wildman–Crippen MR) is 127 cm³/mol. The van der Waals surface area contributed by atoms with Crippen molar-refractivity contribution in [3.05, 3.63) is 94.8 Å². The van der Waals surface area contributed by atoms with Crippen LogP contribution < -0.4 is 0 Å².